The summed E-state index contributed by atoms with van der Waals surface area (Å²) in [6.07, 6.45) is 0. The summed E-state index contributed by atoms with van der Waals surface area (Å²) in [7, 11) is 0. The van der Waals surface area contributed by atoms with E-state index in [1.807, 2.05) is 0 Å². The van der Waals surface area contributed by atoms with Crippen molar-refractivity contribution in [1.29, 1.82) is 0 Å². The Kier molecular flexibility index (Phi) is 4.27. The van der Waals surface area contributed by atoms with Crippen LogP contribution in [-0.2, 0) is 0 Å². The van der Waals surface area contributed by atoms with Gasteiger partial charge in [-0.25, -0.2) is 4.39 Å². The van der Waals surface area contributed by atoms with Crippen molar-refractivity contribution in [3.63, 3.8) is 0 Å². The topological polar surface area (TPSA) is 90.4 Å². The summed E-state index contributed by atoms with van der Waals surface area (Å²) in [5.41, 5.74) is 12.8. The normalized spacial score (nSPS) is 10.2. The lowest BCUT2D eigenvalue weighted by molar-refractivity contribution is 0.100. The van der Waals surface area contributed by atoms with Gasteiger partial charge in [-0.3, -0.25) is 4.79 Å². The number of primary amides is 1. The van der Waals surface area contributed by atoms with Gasteiger partial charge in [0.15, 0.2) is 11.6 Å². The average molecular weight is 289 g/mol. The first-order valence-electron chi connectivity index (χ1n) is 6.40. The Morgan fingerprint density at radius 2 is 2.05 bits per heavy atom. The third-order valence-corrected chi connectivity index (χ3v) is 2.85. The van der Waals surface area contributed by atoms with E-state index in [4.69, 9.17) is 16.2 Å². The van der Waals surface area contributed by atoms with E-state index < -0.39 is 11.7 Å². The van der Waals surface area contributed by atoms with E-state index in [-0.39, 0.29) is 5.75 Å². The molecule has 2 aromatic carbocycles. The summed E-state index contributed by atoms with van der Waals surface area (Å²) in [4.78, 5) is 11.2. The molecule has 0 bridgehead atoms. The molecule has 0 aliphatic carbocycles. The number of halogens is 1. The summed E-state index contributed by atoms with van der Waals surface area (Å²) in [5, 5.41) is 2.95. The van der Waals surface area contributed by atoms with Crippen LogP contribution < -0.4 is 21.5 Å². The molecule has 110 valence electrons. The molecule has 0 heterocycles. The molecule has 6 heteroatoms. The van der Waals surface area contributed by atoms with Gasteiger partial charge in [0.25, 0.3) is 0 Å². The molecule has 1 amide bonds. The average Bonchev–Trinajstić information content (AvgIpc) is 2.44. The first kappa shape index (κ1) is 14.6. The predicted molar refractivity (Wildman–Crippen MR) is 80.2 cm³/mol. The van der Waals surface area contributed by atoms with Crippen LogP contribution >= 0.6 is 0 Å². The molecular formula is C15H16FN3O2. The molecule has 21 heavy (non-hydrogen) atoms. The number of amides is 1. The van der Waals surface area contributed by atoms with Gasteiger partial charge >= 0.3 is 0 Å². The minimum Gasteiger partial charge on any atom is -0.491 e. The maximum atomic E-state index is 13.8. The summed E-state index contributed by atoms with van der Waals surface area (Å²) >= 11 is 0. The monoisotopic (exact) mass is 289 g/mol. The van der Waals surface area contributed by atoms with E-state index >= 15 is 0 Å². The van der Waals surface area contributed by atoms with Crippen LogP contribution in [0.2, 0.25) is 0 Å². The summed E-state index contributed by atoms with van der Waals surface area (Å²) in [6.45, 7) is 2.17. The van der Waals surface area contributed by atoms with Gasteiger partial charge in [-0.2, -0.15) is 0 Å². The molecular weight excluding hydrogens is 273 g/mol. The van der Waals surface area contributed by atoms with Crippen LogP contribution in [0.3, 0.4) is 0 Å². The number of nitrogens with one attached hydrogen (secondary N) is 1. The lowest BCUT2D eigenvalue weighted by Gasteiger charge is -2.12. The Hall–Kier alpha value is -2.76. The summed E-state index contributed by atoms with van der Waals surface area (Å²) in [6, 6.07) is 9.09. The van der Waals surface area contributed by atoms with E-state index in [0.717, 1.165) is 0 Å². The van der Waals surface area contributed by atoms with Crippen molar-refractivity contribution in [3.05, 3.63) is 47.8 Å². The number of nitrogen functional groups attached to an aromatic ring is 1. The Bertz CT molecular complexity index is 674. The van der Waals surface area contributed by atoms with Gasteiger partial charge in [0.05, 0.1) is 18.0 Å². The van der Waals surface area contributed by atoms with Crippen LogP contribution in [-0.4, -0.2) is 12.5 Å². The number of hydrogen-bond donors (Lipinski definition) is 3. The number of carbonyl (C=O) groups is 1. The molecule has 2 rings (SSSR count). The summed E-state index contributed by atoms with van der Waals surface area (Å²) in [5.74, 6) is -0.857. The zero-order chi connectivity index (χ0) is 15.4. The molecule has 0 aromatic heterocycles. The van der Waals surface area contributed by atoms with Crippen molar-refractivity contribution in [2.24, 2.45) is 5.73 Å². The van der Waals surface area contributed by atoms with Crippen LogP contribution in [0.25, 0.3) is 0 Å². The third kappa shape index (κ3) is 3.42. The molecule has 0 unspecified atom stereocenters. The van der Waals surface area contributed by atoms with Crippen LogP contribution in [0, 0.1) is 5.82 Å². The number of rotatable bonds is 5. The van der Waals surface area contributed by atoms with E-state index in [0.29, 0.717) is 29.2 Å². The van der Waals surface area contributed by atoms with Crippen molar-refractivity contribution in [1.82, 2.24) is 0 Å². The van der Waals surface area contributed by atoms with Crippen LogP contribution in [0.15, 0.2) is 36.4 Å². The number of benzene rings is 2. The molecule has 0 aliphatic rings. The Labute approximate surface area is 121 Å². The maximum Gasteiger partial charge on any atom is 0.248 e. The number of anilines is 3. The summed E-state index contributed by atoms with van der Waals surface area (Å²) < 4.78 is 18.9. The fourth-order valence-electron chi connectivity index (χ4n) is 1.82. The first-order valence-corrected chi connectivity index (χ1v) is 6.40. The third-order valence-electron chi connectivity index (χ3n) is 2.85. The first-order chi connectivity index (χ1) is 10.0. The standard InChI is InChI=1S/C15H16FN3O2/c1-2-21-14-6-4-10(8-11(14)16)19-13-7-9(15(18)20)3-5-12(13)17/h3-8,19H,2,17H2,1H3,(H2,18,20). The Morgan fingerprint density at radius 1 is 1.29 bits per heavy atom. The van der Waals surface area contributed by atoms with Crippen LogP contribution in [0.4, 0.5) is 21.5 Å². The highest BCUT2D eigenvalue weighted by atomic mass is 19.1. The molecule has 0 aliphatic heterocycles. The maximum absolute atomic E-state index is 13.8. The Balaban J connectivity index is 2.27. The number of nitrogens with two attached hydrogens (primary N) is 2. The van der Waals surface area contributed by atoms with Crippen molar-refractivity contribution < 1.29 is 13.9 Å². The van der Waals surface area contributed by atoms with E-state index in [1.165, 1.54) is 24.3 Å². The van der Waals surface area contributed by atoms with E-state index in [2.05, 4.69) is 5.32 Å². The van der Waals surface area contributed by atoms with Gasteiger partial charge in [0.1, 0.15) is 0 Å². The second-order valence-corrected chi connectivity index (χ2v) is 4.37. The molecule has 0 saturated carbocycles. The lowest BCUT2D eigenvalue weighted by atomic mass is 10.1. The van der Waals surface area contributed by atoms with Gasteiger partial charge < -0.3 is 21.5 Å². The minimum absolute atomic E-state index is 0.182. The fourth-order valence-corrected chi connectivity index (χ4v) is 1.82. The lowest BCUT2D eigenvalue weighted by Crippen LogP contribution is -2.11. The van der Waals surface area contributed by atoms with Gasteiger partial charge in [-0.1, -0.05) is 0 Å². The quantitative estimate of drug-likeness (QED) is 0.738. The van der Waals surface area contributed by atoms with Gasteiger partial charge in [0, 0.05) is 17.3 Å². The highest BCUT2D eigenvalue weighted by Crippen LogP contribution is 2.27. The Morgan fingerprint density at radius 3 is 2.67 bits per heavy atom. The van der Waals surface area contributed by atoms with Gasteiger partial charge in [-0.15, -0.1) is 0 Å². The predicted octanol–water partition coefficient (Wildman–Crippen LogP) is 2.65. The highest BCUT2D eigenvalue weighted by Gasteiger charge is 2.08. The number of hydrogen-bond acceptors (Lipinski definition) is 4. The molecule has 0 fully saturated rings. The fraction of sp³-hybridized carbons (Fsp3) is 0.133. The van der Waals surface area contributed by atoms with Crippen molar-refractivity contribution in [2.75, 3.05) is 17.7 Å². The molecule has 5 N–H and O–H groups in total. The van der Waals surface area contributed by atoms with Crippen LogP contribution in [0.5, 0.6) is 5.75 Å². The largest absolute Gasteiger partial charge is 0.491 e. The molecule has 0 atom stereocenters. The zero-order valence-corrected chi connectivity index (χ0v) is 11.5. The second kappa shape index (κ2) is 6.13. The SMILES string of the molecule is CCOc1ccc(Nc2cc(C(N)=O)ccc2N)cc1F. The molecule has 0 saturated heterocycles. The number of carbonyl (C=O) groups excluding carboxylic acids is 1. The molecule has 0 radical (unpaired) electrons. The van der Waals surface area contributed by atoms with Crippen molar-refractivity contribution in [3.8, 4) is 5.75 Å². The molecule has 2 aromatic rings. The van der Waals surface area contributed by atoms with E-state index in [1.54, 1.807) is 19.1 Å². The van der Waals surface area contributed by atoms with Crippen molar-refractivity contribution >= 4 is 23.0 Å². The zero-order valence-electron chi connectivity index (χ0n) is 11.5. The molecule has 0 spiro atoms. The minimum atomic E-state index is -0.559. The smallest absolute Gasteiger partial charge is 0.248 e. The van der Waals surface area contributed by atoms with Crippen molar-refractivity contribution in [2.45, 2.75) is 6.92 Å². The molecule has 5 nitrogen and oxygen atoms in total. The van der Waals surface area contributed by atoms with E-state index in [9.17, 15) is 9.18 Å². The van der Waals surface area contributed by atoms with Gasteiger partial charge in [0.2, 0.25) is 5.91 Å². The second-order valence-electron chi connectivity index (χ2n) is 4.37. The number of ether oxygens (including phenoxy) is 1. The highest BCUT2D eigenvalue weighted by molar-refractivity contribution is 5.95. The van der Waals surface area contributed by atoms with Gasteiger partial charge in [-0.05, 0) is 37.3 Å². The van der Waals surface area contributed by atoms with Crippen LogP contribution in [0.1, 0.15) is 17.3 Å².